The van der Waals surface area contributed by atoms with Gasteiger partial charge in [-0.25, -0.2) is 0 Å². The summed E-state index contributed by atoms with van der Waals surface area (Å²) in [6.07, 6.45) is 6.14. The first-order valence-electron chi connectivity index (χ1n) is 7.91. The first-order chi connectivity index (χ1) is 11.6. The molecule has 0 aliphatic rings. The minimum absolute atomic E-state index is 0.0892. The number of carbonyl (C=O) groups excluding carboxylic acids is 1. The van der Waals surface area contributed by atoms with Gasteiger partial charge in [0, 0.05) is 6.42 Å². The molecule has 2 aromatic carbocycles. The Bertz CT molecular complexity index is 702. The minimum atomic E-state index is 0.0892. The smallest absolute Gasteiger partial charge is 0.160 e. The molecule has 24 heavy (non-hydrogen) atoms. The lowest BCUT2D eigenvalue weighted by atomic mass is 10.1. The van der Waals surface area contributed by atoms with Crippen molar-refractivity contribution in [2.75, 3.05) is 7.11 Å². The average molecular weight is 326 g/mol. The SMILES string of the molecule is COc1cc(CC/C=C/C(=O)CCc2ccc(O)cc2)ccc1O. The highest BCUT2D eigenvalue weighted by Crippen LogP contribution is 2.26. The van der Waals surface area contributed by atoms with Gasteiger partial charge in [0.05, 0.1) is 7.11 Å². The standard InChI is InChI=1S/C20H22O4/c1-24-20-14-16(9-13-19(20)23)4-2-3-5-17(21)10-6-15-7-11-18(22)12-8-15/h3,5,7-9,11-14,22-23H,2,4,6,10H2,1H3/b5-3+. The van der Waals surface area contributed by atoms with Gasteiger partial charge < -0.3 is 14.9 Å². The Morgan fingerprint density at radius 2 is 1.75 bits per heavy atom. The van der Waals surface area contributed by atoms with Crippen molar-refractivity contribution in [3.05, 3.63) is 65.7 Å². The Hall–Kier alpha value is -2.75. The number of phenols is 2. The normalized spacial score (nSPS) is 10.9. The minimum Gasteiger partial charge on any atom is -0.508 e. The van der Waals surface area contributed by atoms with E-state index < -0.39 is 0 Å². The van der Waals surface area contributed by atoms with Crippen LogP contribution in [0, 0.1) is 0 Å². The molecule has 0 aromatic heterocycles. The highest BCUT2D eigenvalue weighted by molar-refractivity contribution is 5.89. The van der Waals surface area contributed by atoms with E-state index in [1.54, 1.807) is 30.3 Å². The first kappa shape index (κ1) is 17.6. The summed E-state index contributed by atoms with van der Waals surface area (Å²) in [6, 6.07) is 12.2. The summed E-state index contributed by atoms with van der Waals surface area (Å²) >= 11 is 0. The fraction of sp³-hybridized carbons (Fsp3) is 0.250. The van der Waals surface area contributed by atoms with Crippen LogP contribution < -0.4 is 4.74 Å². The Morgan fingerprint density at radius 1 is 1.04 bits per heavy atom. The van der Waals surface area contributed by atoms with Crippen molar-refractivity contribution in [2.24, 2.45) is 0 Å². The summed E-state index contributed by atoms with van der Waals surface area (Å²) in [5, 5.41) is 18.8. The zero-order valence-corrected chi connectivity index (χ0v) is 13.7. The Kier molecular flexibility index (Phi) is 6.43. The van der Waals surface area contributed by atoms with Crippen LogP contribution in [0.3, 0.4) is 0 Å². The predicted octanol–water partition coefficient (Wildman–Crippen LogP) is 3.80. The second-order valence-electron chi connectivity index (χ2n) is 5.58. The van der Waals surface area contributed by atoms with Gasteiger partial charge in [-0.3, -0.25) is 4.79 Å². The molecule has 0 amide bonds. The molecule has 2 aromatic rings. The van der Waals surface area contributed by atoms with Crippen molar-refractivity contribution < 1.29 is 19.7 Å². The second kappa shape index (κ2) is 8.77. The molecule has 0 heterocycles. The zero-order chi connectivity index (χ0) is 17.4. The first-order valence-corrected chi connectivity index (χ1v) is 7.91. The van der Waals surface area contributed by atoms with Crippen LogP contribution in [0.15, 0.2) is 54.6 Å². The van der Waals surface area contributed by atoms with E-state index in [0.717, 1.165) is 24.0 Å². The molecule has 0 fully saturated rings. The van der Waals surface area contributed by atoms with Gasteiger partial charge in [-0.15, -0.1) is 0 Å². The maximum atomic E-state index is 11.9. The molecule has 126 valence electrons. The maximum absolute atomic E-state index is 11.9. The Morgan fingerprint density at radius 3 is 2.46 bits per heavy atom. The van der Waals surface area contributed by atoms with Gasteiger partial charge in [0.1, 0.15) is 5.75 Å². The number of methoxy groups -OCH3 is 1. The van der Waals surface area contributed by atoms with Gasteiger partial charge in [-0.2, -0.15) is 0 Å². The van der Waals surface area contributed by atoms with Crippen LogP contribution in [0.25, 0.3) is 0 Å². The van der Waals surface area contributed by atoms with Crippen LogP contribution in [0.1, 0.15) is 24.0 Å². The van der Waals surface area contributed by atoms with Crippen LogP contribution in [0.2, 0.25) is 0 Å². The zero-order valence-electron chi connectivity index (χ0n) is 13.7. The quantitative estimate of drug-likeness (QED) is 0.724. The van der Waals surface area contributed by atoms with Crippen LogP contribution in [-0.2, 0) is 17.6 Å². The van der Waals surface area contributed by atoms with Gasteiger partial charge in [-0.05, 0) is 60.7 Å². The monoisotopic (exact) mass is 326 g/mol. The maximum Gasteiger partial charge on any atom is 0.160 e. The lowest BCUT2D eigenvalue weighted by molar-refractivity contribution is -0.114. The molecule has 0 atom stereocenters. The molecule has 0 radical (unpaired) electrons. The van der Waals surface area contributed by atoms with Gasteiger partial charge >= 0.3 is 0 Å². The average Bonchev–Trinajstić information content (AvgIpc) is 2.59. The molecule has 0 saturated heterocycles. The molecule has 2 N–H and O–H groups in total. The van der Waals surface area contributed by atoms with Crippen molar-refractivity contribution in [1.29, 1.82) is 0 Å². The van der Waals surface area contributed by atoms with E-state index in [1.165, 1.54) is 7.11 Å². The number of benzene rings is 2. The third-order valence-corrected chi connectivity index (χ3v) is 3.74. The highest BCUT2D eigenvalue weighted by Gasteiger charge is 2.02. The lowest BCUT2D eigenvalue weighted by Gasteiger charge is -2.05. The van der Waals surface area contributed by atoms with E-state index >= 15 is 0 Å². The Labute approximate surface area is 142 Å². The third-order valence-electron chi connectivity index (χ3n) is 3.74. The van der Waals surface area contributed by atoms with Crippen molar-refractivity contribution in [2.45, 2.75) is 25.7 Å². The van der Waals surface area contributed by atoms with Gasteiger partial charge in [-0.1, -0.05) is 24.3 Å². The summed E-state index contributed by atoms with van der Waals surface area (Å²) in [6.45, 7) is 0. The highest BCUT2D eigenvalue weighted by atomic mass is 16.5. The van der Waals surface area contributed by atoms with Crippen LogP contribution in [0.5, 0.6) is 17.2 Å². The second-order valence-corrected chi connectivity index (χ2v) is 5.58. The van der Waals surface area contributed by atoms with Crippen LogP contribution in [0.4, 0.5) is 0 Å². The summed E-state index contributed by atoms with van der Waals surface area (Å²) < 4.78 is 5.07. The summed E-state index contributed by atoms with van der Waals surface area (Å²) in [5.41, 5.74) is 2.08. The summed E-state index contributed by atoms with van der Waals surface area (Å²) in [7, 11) is 1.52. The van der Waals surface area contributed by atoms with Gasteiger partial charge in [0.25, 0.3) is 0 Å². The fourth-order valence-corrected chi connectivity index (χ4v) is 2.36. The van der Waals surface area contributed by atoms with Crippen LogP contribution in [-0.4, -0.2) is 23.1 Å². The molecule has 0 unspecified atom stereocenters. The number of hydrogen-bond donors (Lipinski definition) is 2. The van der Waals surface area contributed by atoms with Crippen molar-refractivity contribution in [3.63, 3.8) is 0 Å². The molecular weight excluding hydrogens is 304 g/mol. The van der Waals surface area contributed by atoms with E-state index in [-0.39, 0.29) is 17.3 Å². The number of phenolic OH excluding ortho intramolecular Hbond substituents is 2. The molecule has 0 saturated carbocycles. The van der Waals surface area contributed by atoms with Gasteiger partial charge in [0.2, 0.25) is 0 Å². The van der Waals surface area contributed by atoms with E-state index in [1.807, 2.05) is 24.3 Å². The van der Waals surface area contributed by atoms with Crippen LogP contribution >= 0.6 is 0 Å². The third kappa shape index (κ3) is 5.47. The number of allylic oxidation sites excluding steroid dienone is 2. The molecule has 2 rings (SSSR count). The molecule has 0 aliphatic heterocycles. The summed E-state index contributed by atoms with van der Waals surface area (Å²) in [5.74, 6) is 0.907. The number of ketones is 1. The number of carbonyl (C=O) groups is 1. The van der Waals surface area contributed by atoms with E-state index in [2.05, 4.69) is 0 Å². The lowest BCUT2D eigenvalue weighted by Crippen LogP contribution is -1.96. The fourth-order valence-electron chi connectivity index (χ4n) is 2.36. The molecule has 4 heteroatoms. The number of hydrogen-bond acceptors (Lipinski definition) is 4. The largest absolute Gasteiger partial charge is 0.508 e. The number of aryl methyl sites for hydroxylation is 2. The van der Waals surface area contributed by atoms with E-state index in [9.17, 15) is 15.0 Å². The molecule has 0 spiro atoms. The molecule has 0 bridgehead atoms. The predicted molar refractivity (Wildman–Crippen MR) is 93.6 cm³/mol. The van der Waals surface area contributed by atoms with Crippen molar-refractivity contribution in [3.8, 4) is 17.2 Å². The topological polar surface area (TPSA) is 66.8 Å². The van der Waals surface area contributed by atoms with E-state index in [0.29, 0.717) is 18.6 Å². The number of rotatable bonds is 8. The molecular formula is C20H22O4. The number of ether oxygens (including phenoxy) is 1. The van der Waals surface area contributed by atoms with E-state index in [4.69, 9.17) is 4.74 Å². The Balaban J connectivity index is 1.75. The number of aromatic hydroxyl groups is 2. The summed E-state index contributed by atoms with van der Waals surface area (Å²) in [4.78, 5) is 11.9. The van der Waals surface area contributed by atoms with Gasteiger partial charge in [0.15, 0.2) is 17.3 Å². The molecule has 4 nitrogen and oxygen atoms in total. The van der Waals surface area contributed by atoms with Crippen molar-refractivity contribution >= 4 is 5.78 Å². The molecule has 0 aliphatic carbocycles. The van der Waals surface area contributed by atoms with Crippen molar-refractivity contribution in [1.82, 2.24) is 0 Å².